The number of carbonyl (C=O) groups is 2. The number of methoxy groups -OCH3 is 1. The lowest BCUT2D eigenvalue weighted by atomic mass is 10.0. The second-order valence-electron chi connectivity index (χ2n) is 4.19. The number of hydrogen-bond donors (Lipinski definition) is 0. The van der Waals surface area contributed by atoms with Crippen LogP contribution in [0.1, 0.15) is 26.7 Å². The molecule has 0 bridgehead atoms. The number of hydrogen-bond acceptors (Lipinski definition) is 5. The molecule has 0 amide bonds. The van der Waals surface area contributed by atoms with Crippen LogP contribution < -0.4 is 9.47 Å². The number of benzene rings is 1. The van der Waals surface area contributed by atoms with Gasteiger partial charge in [-0.05, 0) is 37.6 Å². The van der Waals surface area contributed by atoms with Crippen LogP contribution in [0.5, 0.6) is 11.5 Å². The largest absolute Gasteiger partial charge is 0.497 e. The Labute approximate surface area is 118 Å². The molecule has 20 heavy (non-hydrogen) atoms. The first-order valence-corrected chi connectivity index (χ1v) is 6.64. The molecule has 1 unspecified atom stereocenters. The van der Waals surface area contributed by atoms with E-state index in [2.05, 4.69) is 0 Å². The van der Waals surface area contributed by atoms with E-state index in [0.29, 0.717) is 24.3 Å². The molecule has 1 aromatic rings. The first kappa shape index (κ1) is 16.0. The van der Waals surface area contributed by atoms with E-state index < -0.39 is 17.9 Å². The molecule has 5 heteroatoms. The maximum Gasteiger partial charge on any atom is 0.325 e. The van der Waals surface area contributed by atoms with E-state index in [-0.39, 0.29) is 6.61 Å². The Kier molecular flexibility index (Phi) is 6.56. The zero-order valence-corrected chi connectivity index (χ0v) is 12.0. The summed E-state index contributed by atoms with van der Waals surface area (Å²) >= 11 is 0. The third-order valence-corrected chi connectivity index (χ3v) is 2.71. The minimum Gasteiger partial charge on any atom is -0.497 e. The molecule has 110 valence electrons. The molecule has 0 radical (unpaired) electrons. The van der Waals surface area contributed by atoms with Crippen LogP contribution in [0.2, 0.25) is 0 Å². The highest BCUT2D eigenvalue weighted by Gasteiger charge is 2.29. The van der Waals surface area contributed by atoms with Crippen molar-refractivity contribution in [1.29, 1.82) is 0 Å². The predicted octanol–water partition coefficient (Wildman–Crippen LogP) is 2.58. The summed E-state index contributed by atoms with van der Waals surface area (Å²) in [5.74, 6) is -0.952. The standard InChI is InChI=1S/C15H20O5/c1-4-6-13(14(16)19-5-2)15(17)20-12-9-7-11(18-3)8-10-12/h7-10,13H,4-6H2,1-3H3. The summed E-state index contributed by atoms with van der Waals surface area (Å²) in [6.07, 6.45) is 1.11. The van der Waals surface area contributed by atoms with E-state index in [1.165, 1.54) is 0 Å². The molecule has 0 aliphatic rings. The molecule has 5 nitrogen and oxygen atoms in total. The van der Waals surface area contributed by atoms with Gasteiger partial charge in [0.2, 0.25) is 0 Å². The van der Waals surface area contributed by atoms with E-state index in [9.17, 15) is 9.59 Å². The summed E-state index contributed by atoms with van der Waals surface area (Å²) in [7, 11) is 1.55. The monoisotopic (exact) mass is 280 g/mol. The van der Waals surface area contributed by atoms with Gasteiger partial charge >= 0.3 is 11.9 Å². The maximum atomic E-state index is 12.0. The Morgan fingerprint density at radius 3 is 2.15 bits per heavy atom. The Balaban J connectivity index is 2.71. The molecule has 0 aliphatic carbocycles. The van der Waals surface area contributed by atoms with Crippen molar-refractivity contribution in [2.75, 3.05) is 13.7 Å². The molecule has 0 fully saturated rings. The average Bonchev–Trinajstić information content (AvgIpc) is 2.45. The van der Waals surface area contributed by atoms with Gasteiger partial charge in [-0.2, -0.15) is 0 Å². The fourth-order valence-electron chi connectivity index (χ4n) is 1.69. The molecule has 1 aromatic carbocycles. The van der Waals surface area contributed by atoms with Crippen LogP contribution in [0.25, 0.3) is 0 Å². The SMILES string of the molecule is CCCC(C(=O)OCC)C(=O)Oc1ccc(OC)cc1. The highest BCUT2D eigenvalue weighted by Crippen LogP contribution is 2.19. The minimum atomic E-state index is -0.873. The van der Waals surface area contributed by atoms with Gasteiger partial charge in [-0.1, -0.05) is 13.3 Å². The fraction of sp³-hybridized carbons (Fsp3) is 0.467. The van der Waals surface area contributed by atoms with Gasteiger partial charge in [0.1, 0.15) is 11.5 Å². The van der Waals surface area contributed by atoms with Gasteiger partial charge in [0.15, 0.2) is 5.92 Å². The molecule has 0 spiro atoms. The lowest BCUT2D eigenvalue weighted by Gasteiger charge is -2.13. The van der Waals surface area contributed by atoms with Crippen molar-refractivity contribution in [3.05, 3.63) is 24.3 Å². The van der Waals surface area contributed by atoms with Crippen LogP contribution in [-0.2, 0) is 14.3 Å². The fourth-order valence-corrected chi connectivity index (χ4v) is 1.69. The van der Waals surface area contributed by atoms with Gasteiger partial charge in [0.05, 0.1) is 13.7 Å². The topological polar surface area (TPSA) is 61.8 Å². The molecule has 0 N–H and O–H groups in total. The molecule has 0 saturated heterocycles. The smallest absolute Gasteiger partial charge is 0.325 e. The molecule has 0 heterocycles. The van der Waals surface area contributed by atoms with Gasteiger partial charge in [0.25, 0.3) is 0 Å². The average molecular weight is 280 g/mol. The van der Waals surface area contributed by atoms with Crippen LogP contribution in [0.15, 0.2) is 24.3 Å². The lowest BCUT2D eigenvalue weighted by Crippen LogP contribution is -2.29. The van der Waals surface area contributed by atoms with Crippen LogP contribution in [-0.4, -0.2) is 25.7 Å². The Hall–Kier alpha value is -2.04. The van der Waals surface area contributed by atoms with Gasteiger partial charge < -0.3 is 14.2 Å². The molecule has 1 rings (SSSR count). The molecule has 0 aromatic heterocycles. The second-order valence-corrected chi connectivity index (χ2v) is 4.19. The van der Waals surface area contributed by atoms with Crippen molar-refractivity contribution < 1.29 is 23.8 Å². The molecule has 1 atom stereocenters. The van der Waals surface area contributed by atoms with E-state index in [4.69, 9.17) is 14.2 Å². The van der Waals surface area contributed by atoms with E-state index >= 15 is 0 Å². The van der Waals surface area contributed by atoms with Crippen LogP contribution in [0, 0.1) is 5.92 Å². The molecular weight excluding hydrogens is 260 g/mol. The normalized spacial score (nSPS) is 11.6. The van der Waals surface area contributed by atoms with Gasteiger partial charge in [-0.15, -0.1) is 0 Å². The summed E-state index contributed by atoms with van der Waals surface area (Å²) in [6.45, 7) is 3.84. The quantitative estimate of drug-likeness (QED) is 0.436. The highest BCUT2D eigenvalue weighted by atomic mass is 16.6. The predicted molar refractivity (Wildman–Crippen MR) is 73.7 cm³/mol. The first-order chi connectivity index (χ1) is 9.62. The Morgan fingerprint density at radius 1 is 1.05 bits per heavy atom. The van der Waals surface area contributed by atoms with E-state index in [0.717, 1.165) is 0 Å². The summed E-state index contributed by atoms with van der Waals surface area (Å²) in [6, 6.07) is 6.60. The third kappa shape index (κ3) is 4.57. The summed E-state index contributed by atoms with van der Waals surface area (Å²) in [5.41, 5.74) is 0. The van der Waals surface area contributed by atoms with E-state index in [1.54, 1.807) is 38.3 Å². The van der Waals surface area contributed by atoms with Gasteiger partial charge in [-0.25, -0.2) is 0 Å². The van der Waals surface area contributed by atoms with Crippen LogP contribution in [0.3, 0.4) is 0 Å². The van der Waals surface area contributed by atoms with Crippen molar-refractivity contribution in [2.45, 2.75) is 26.7 Å². The van der Waals surface area contributed by atoms with Crippen LogP contribution >= 0.6 is 0 Å². The number of esters is 2. The molecular formula is C15H20O5. The van der Waals surface area contributed by atoms with Gasteiger partial charge in [0, 0.05) is 0 Å². The van der Waals surface area contributed by atoms with Crippen LogP contribution in [0.4, 0.5) is 0 Å². The van der Waals surface area contributed by atoms with Crippen molar-refractivity contribution in [3.63, 3.8) is 0 Å². The van der Waals surface area contributed by atoms with Gasteiger partial charge in [-0.3, -0.25) is 9.59 Å². The lowest BCUT2D eigenvalue weighted by molar-refractivity contribution is -0.157. The first-order valence-electron chi connectivity index (χ1n) is 6.64. The number of ether oxygens (including phenoxy) is 3. The Morgan fingerprint density at radius 2 is 1.65 bits per heavy atom. The van der Waals surface area contributed by atoms with Crippen molar-refractivity contribution in [1.82, 2.24) is 0 Å². The second kappa shape index (κ2) is 8.19. The summed E-state index contributed by atoms with van der Waals surface area (Å²) < 4.78 is 15.1. The Bertz CT molecular complexity index is 438. The third-order valence-electron chi connectivity index (χ3n) is 2.71. The number of rotatable bonds is 7. The van der Waals surface area contributed by atoms with E-state index in [1.807, 2.05) is 6.92 Å². The molecule has 0 saturated carbocycles. The summed E-state index contributed by atoms with van der Waals surface area (Å²) in [5, 5.41) is 0. The number of carbonyl (C=O) groups excluding carboxylic acids is 2. The van der Waals surface area contributed by atoms with Crippen molar-refractivity contribution in [3.8, 4) is 11.5 Å². The zero-order chi connectivity index (χ0) is 15.0. The van der Waals surface area contributed by atoms with Crippen molar-refractivity contribution in [2.24, 2.45) is 5.92 Å². The highest BCUT2D eigenvalue weighted by molar-refractivity contribution is 5.95. The zero-order valence-electron chi connectivity index (χ0n) is 12.0. The summed E-state index contributed by atoms with van der Waals surface area (Å²) in [4.78, 5) is 23.7. The van der Waals surface area contributed by atoms with Crippen molar-refractivity contribution >= 4 is 11.9 Å². The maximum absolute atomic E-state index is 12.0. The minimum absolute atomic E-state index is 0.245. The molecule has 0 aliphatic heterocycles.